The number of thiazole rings is 1. The summed E-state index contributed by atoms with van der Waals surface area (Å²) in [5.41, 5.74) is 0.910. The molecule has 21 heavy (non-hydrogen) atoms. The number of aromatic nitrogens is 5. The molecule has 0 aliphatic heterocycles. The topological polar surface area (TPSA) is 85.6 Å². The highest BCUT2D eigenvalue weighted by Gasteiger charge is 2.22. The zero-order chi connectivity index (χ0) is 14.7. The van der Waals surface area contributed by atoms with Crippen LogP contribution < -0.4 is 5.32 Å². The summed E-state index contributed by atoms with van der Waals surface area (Å²) in [5, 5.41) is 17.8. The molecule has 1 aliphatic carbocycles. The highest BCUT2D eigenvalue weighted by Crippen LogP contribution is 2.31. The molecule has 0 radical (unpaired) electrons. The van der Waals surface area contributed by atoms with Crippen molar-refractivity contribution in [1.82, 2.24) is 25.2 Å². The third-order valence-corrected chi connectivity index (χ3v) is 5.14. The first-order valence-electron chi connectivity index (χ1n) is 6.85. The molecular weight excluding hydrogens is 308 g/mol. The van der Waals surface area contributed by atoms with Gasteiger partial charge < -0.3 is 5.32 Å². The average molecular weight is 324 g/mol. The summed E-state index contributed by atoms with van der Waals surface area (Å²) in [6.07, 6.45) is 4.67. The van der Waals surface area contributed by atoms with Crippen molar-refractivity contribution in [3.05, 3.63) is 11.1 Å². The van der Waals surface area contributed by atoms with Gasteiger partial charge in [-0.15, -0.1) is 16.4 Å². The lowest BCUT2D eigenvalue weighted by Gasteiger charge is -2.10. The van der Waals surface area contributed by atoms with E-state index in [2.05, 4.69) is 25.8 Å². The van der Waals surface area contributed by atoms with Crippen molar-refractivity contribution in [3.8, 4) is 0 Å². The number of carbonyl (C=O) groups excluding carboxylic acids is 1. The van der Waals surface area contributed by atoms with Crippen molar-refractivity contribution in [3.63, 3.8) is 0 Å². The second kappa shape index (κ2) is 6.52. The van der Waals surface area contributed by atoms with Crippen LogP contribution in [0.1, 0.15) is 37.4 Å². The standard InChI is InChI=1S/C12H16N6OS2/c1-8-6-20-11(13-8)14-10(19)7-21-12-15-16-17-18(12)9-4-2-3-5-9/h6,9H,2-5,7H2,1H3,(H,13,14,19). The molecule has 2 aromatic rings. The van der Waals surface area contributed by atoms with E-state index in [0.29, 0.717) is 16.3 Å². The van der Waals surface area contributed by atoms with Crippen molar-refractivity contribution in [2.75, 3.05) is 11.1 Å². The maximum Gasteiger partial charge on any atom is 0.236 e. The molecule has 2 heterocycles. The smallest absolute Gasteiger partial charge is 0.236 e. The van der Waals surface area contributed by atoms with E-state index in [1.807, 2.05) is 17.0 Å². The Morgan fingerprint density at radius 1 is 1.52 bits per heavy atom. The molecule has 112 valence electrons. The summed E-state index contributed by atoms with van der Waals surface area (Å²) in [7, 11) is 0. The van der Waals surface area contributed by atoms with Crippen LogP contribution in [0.15, 0.2) is 10.5 Å². The molecule has 1 aliphatic rings. The maximum absolute atomic E-state index is 11.9. The lowest BCUT2D eigenvalue weighted by Crippen LogP contribution is -2.15. The summed E-state index contributed by atoms with van der Waals surface area (Å²) in [6.45, 7) is 1.90. The normalized spacial score (nSPS) is 15.5. The predicted molar refractivity (Wildman–Crippen MR) is 81.5 cm³/mol. The van der Waals surface area contributed by atoms with Gasteiger partial charge in [0.05, 0.1) is 17.5 Å². The van der Waals surface area contributed by atoms with Crippen LogP contribution in [0.25, 0.3) is 0 Å². The van der Waals surface area contributed by atoms with Gasteiger partial charge in [0.25, 0.3) is 0 Å². The number of amides is 1. The molecule has 1 saturated carbocycles. The lowest BCUT2D eigenvalue weighted by molar-refractivity contribution is -0.113. The molecule has 9 heteroatoms. The first-order chi connectivity index (χ1) is 10.2. The number of carbonyl (C=O) groups is 1. The van der Waals surface area contributed by atoms with Crippen molar-refractivity contribution in [1.29, 1.82) is 0 Å². The van der Waals surface area contributed by atoms with Crippen LogP contribution in [0.5, 0.6) is 0 Å². The average Bonchev–Trinajstić information content (AvgIpc) is 3.16. The first-order valence-corrected chi connectivity index (χ1v) is 8.71. The second-order valence-corrected chi connectivity index (χ2v) is 6.78. The van der Waals surface area contributed by atoms with E-state index in [4.69, 9.17) is 0 Å². The zero-order valence-corrected chi connectivity index (χ0v) is 13.3. The van der Waals surface area contributed by atoms with Crippen molar-refractivity contribution in [2.24, 2.45) is 0 Å². The van der Waals surface area contributed by atoms with Crippen LogP contribution in [0.2, 0.25) is 0 Å². The van der Waals surface area contributed by atoms with Crippen LogP contribution in [-0.2, 0) is 4.79 Å². The summed E-state index contributed by atoms with van der Waals surface area (Å²) < 4.78 is 1.86. The Bertz CT molecular complexity index is 619. The molecule has 1 amide bonds. The molecule has 0 bridgehead atoms. The van der Waals surface area contributed by atoms with Gasteiger partial charge in [0.1, 0.15) is 0 Å². The maximum atomic E-state index is 11.9. The zero-order valence-electron chi connectivity index (χ0n) is 11.7. The Labute approximate surface area is 130 Å². The van der Waals surface area contributed by atoms with Crippen LogP contribution in [0.4, 0.5) is 5.13 Å². The number of thioether (sulfide) groups is 1. The van der Waals surface area contributed by atoms with Crippen molar-refractivity contribution < 1.29 is 4.79 Å². The van der Waals surface area contributed by atoms with E-state index in [9.17, 15) is 4.79 Å². The SMILES string of the molecule is Cc1csc(NC(=O)CSc2nnnn2C2CCCC2)n1. The molecule has 7 nitrogen and oxygen atoms in total. The van der Waals surface area contributed by atoms with Gasteiger partial charge in [-0.05, 0) is 30.2 Å². The first kappa shape index (κ1) is 14.5. The van der Waals surface area contributed by atoms with Crippen LogP contribution >= 0.6 is 23.1 Å². The molecule has 3 rings (SSSR count). The monoisotopic (exact) mass is 324 g/mol. The van der Waals surface area contributed by atoms with Crippen LogP contribution in [0.3, 0.4) is 0 Å². The van der Waals surface area contributed by atoms with Gasteiger partial charge in [-0.3, -0.25) is 4.79 Å². The van der Waals surface area contributed by atoms with Gasteiger partial charge in [-0.25, -0.2) is 9.67 Å². The van der Waals surface area contributed by atoms with Gasteiger partial charge in [0.15, 0.2) is 5.13 Å². The van der Waals surface area contributed by atoms with Gasteiger partial charge >= 0.3 is 0 Å². The highest BCUT2D eigenvalue weighted by atomic mass is 32.2. The van der Waals surface area contributed by atoms with Crippen molar-refractivity contribution >= 4 is 34.1 Å². The largest absolute Gasteiger partial charge is 0.301 e. The molecule has 0 aromatic carbocycles. The minimum absolute atomic E-state index is 0.0877. The fourth-order valence-electron chi connectivity index (χ4n) is 2.36. The van der Waals surface area contributed by atoms with Gasteiger partial charge in [-0.1, -0.05) is 24.6 Å². The number of nitrogens with zero attached hydrogens (tertiary/aromatic N) is 5. The minimum Gasteiger partial charge on any atom is -0.301 e. The van der Waals surface area contributed by atoms with E-state index >= 15 is 0 Å². The number of hydrogen-bond acceptors (Lipinski definition) is 7. The Kier molecular flexibility index (Phi) is 4.49. The Balaban J connectivity index is 1.55. The number of rotatable bonds is 5. The molecule has 1 fully saturated rings. The van der Waals surface area contributed by atoms with E-state index < -0.39 is 0 Å². The summed E-state index contributed by atoms with van der Waals surface area (Å²) in [4.78, 5) is 16.1. The molecule has 0 spiro atoms. The van der Waals surface area contributed by atoms with Crippen molar-refractivity contribution in [2.45, 2.75) is 43.8 Å². The number of aryl methyl sites for hydroxylation is 1. The summed E-state index contributed by atoms with van der Waals surface area (Å²) >= 11 is 2.79. The molecule has 1 N–H and O–H groups in total. The predicted octanol–water partition coefficient (Wildman–Crippen LogP) is 2.28. The van der Waals surface area contributed by atoms with Crippen LogP contribution in [-0.4, -0.2) is 36.9 Å². The fraction of sp³-hybridized carbons (Fsp3) is 0.583. The fourth-order valence-corrected chi connectivity index (χ4v) is 3.80. The van der Waals surface area contributed by atoms with Gasteiger partial charge in [0.2, 0.25) is 11.1 Å². The number of hydrogen-bond donors (Lipinski definition) is 1. The number of nitrogens with one attached hydrogen (secondary N) is 1. The molecule has 0 atom stereocenters. The minimum atomic E-state index is -0.0877. The molecular formula is C12H16N6OS2. The highest BCUT2D eigenvalue weighted by molar-refractivity contribution is 7.99. The molecule has 0 saturated heterocycles. The number of tetrazole rings is 1. The third-order valence-electron chi connectivity index (χ3n) is 3.33. The second-order valence-electron chi connectivity index (χ2n) is 4.98. The van der Waals surface area contributed by atoms with E-state index in [1.54, 1.807) is 0 Å². The summed E-state index contributed by atoms with van der Waals surface area (Å²) in [5.74, 6) is 0.196. The van der Waals surface area contributed by atoms with Gasteiger partial charge in [0, 0.05) is 5.38 Å². The Hall–Kier alpha value is -1.48. The van der Waals surface area contributed by atoms with Gasteiger partial charge in [-0.2, -0.15) is 0 Å². The third kappa shape index (κ3) is 3.59. The Morgan fingerprint density at radius 3 is 3.05 bits per heavy atom. The quantitative estimate of drug-likeness (QED) is 0.849. The van der Waals surface area contributed by atoms with E-state index in [0.717, 1.165) is 18.5 Å². The van der Waals surface area contributed by atoms with E-state index in [-0.39, 0.29) is 11.7 Å². The number of anilines is 1. The summed E-state index contributed by atoms with van der Waals surface area (Å²) in [6, 6.07) is 0.382. The van der Waals surface area contributed by atoms with E-state index in [1.165, 1.54) is 35.9 Å². The molecule has 2 aromatic heterocycles. The Morgan fingerprint density at radius 2 is 2.33 bits per heavy atom. The molecule has 0 unspecified atom stereocenters. The van der Waals surface area contributed by atoms with Crippen LogP contribution in [0, 0.1) is 6.92 Å². The lowest BCUT2D eigenvalue weighted by atomic mass is 10.3.